The Bertz CT molecular complexity index is 1910. The van der Waals surface area contributed by atoms with Crippen molar-refractivity contribution in [2.45, 2.75) is 33.7 Å². The monoisotopic (exact) mass is 598 g/mol. The Labute approximate surface area is 251 Å². The summed E-state index contributed by atoms with van der Waals surface area (Å²) in [5.74, 6) is -0.272. The highest BCUT2D eigenvalue weighted by Crippen LogP contribution is 2.46. The second-order valence-electron chi connectivity index (χ2n) is 9.77. The highest BCUT2D eigenvalue weighted by Gasteiger charge is 2.49. The summed E-state index contributed by atoms with van der Waals surface area (Å²) in [6, 6.07) is 15.2. The first-order chi connectivity index (χ1) is 20.9. The number of carbonyl (C=O) groups excluding carboxylic acids is 2. The minimum absolute atomic E-state index is 0.0698. The minimum atomic E-state index is -1.00. The number of fused-ring (bicyclic) bond motifs is 2. The zero-order valence-corrected chi connectivity index (χ0v) is 25.0. The van der Waals surface area contributed by atoms with E-state index >= 15 is 0 Å². The lowest BCUT2D eigenvalue weighted by Gasteiger charge is -2.24. The van der Waals surface area contributed by atoms with Crippen molar-refractivity contribution in [3.8, 4) is 17.2 Å². The maximum atomic E-state index is 13.9. The van der Waals surface area contributed by atoms with Crippen molar-refractivity contribution >= 4 is 49.8 Å². The number of rotatable bonds is 9. The number of ether oxygens (including phenoxy) is 3. The van der Waals surface area contributed by atoms with Crippen molar-refractivity contribution < 1.29 is 28.9 Å². The number of ketones is 1. The van der Waals surface area contributed by atoms with Crippen LogP contribution in [0.2, 0.25) is 0 Å². The number of benzene rings is 2. The third-order valence-corrected chi connectivity index (χ3v) is 8.14. The molecule has 0 spiro atoms. The van der Waals surface area contributed by atoms with Crippen molar-refractivity contribution in [1.29, 1.82) is 0 Å². The highest BCUT2D eigenvalue weighted by atomic mass is 32.1. The van der Waals surface area contributed by atoms with E-state index in [9.17, 15) is 14.7 Å². The van der Waals surface area contributed by atoms with Crippen LogP contribution in [0.1, 0.15) is 43.8 Å². The normalized spacial score (nSPS) is 16.4. The maximum Gasteiger partial charge on any atom is 0.301 e. The van der Waals surface area contributed by atoms with Crippen LogP contribution in [0.5, 0.6) is 17.2 Å². The van der Waals surface area contributed by atoms with Gasteiger partial charge in [0, 0.05) is 6.20 Å². The molecule has 10 nitrogen and oxygen atoms in total. The molecule has 11 heteroatoms. The lowest BCUT2D eigenvalue weighted by Crippen LogP contribution is -2.29. The van der Waals surface area contributed by atoms with Crippen LogP contribution in [0.25, 0.3) is 21.6 Å². The second-order valence-corrected chi connectivity index (χ2v) is 10.8. The van der Waals surface area contributed by atoms with Gasteiger partial charge in [-0.3, -0.25) is 18.9 Å². The fraction of sp³-hybridized carbons (Fsp3) is 0.250. The Morgan fingerprint density at radius 2 is 1.70 bits per heavy atom. The fourth-order valence-electron chi connectivity index (χ4n) is 5.36. The highest BCUT2D eigenvalue weighted by molar-refractivity contribution is 7.22. The van der Waals surface area contributed by atoms with Crippen LogP contribution in [-0.2, 0) is 9.59 Å². The third-order valence-electron chi connectivity index (χ3n) is 7.12. The molecule has 0 saturated carbocycles. The molecule has 1 N–H and O–H groups in total. The number of Topliss-reactive ketones (excluding diaryl/α,β-unsaturated/α-hetero) is 1. The molecule has 4 heterocycles. The van der Waals surface area contributed by atoms with E-state index in [0.29, 0.717) is 70.3 Å². The van der Waals surface area contributed by atoms with Gasteiger partial charge in [-0.1, -0.05) is 23.5 Å². The lowest BCUT2D eigenvalue weighted by molar-refractivity contribution is -0.132. The van der Waals surface area contributed by atoms with Crippen molar-refractivity contribution in [2.75, 3.05) is 24.7 Å². The number of aliphatic hydroxyl groups is 1. The first kappa shape index (κ1) is 28.2. The number of aryl methyl sites for hydroxylation is 1. The molecule has 220 valence electrons. The van der Waals surface area contributed by atoms with Gasteiger partial charge in [-0.25, -0.2) is 9.97 Å². The molecule has 1 fully saturated rings. The molecule has 2 aromatic carbocycles. The van der Waals surface area contributed by atoms with Gasteiger partial charge in [-0.15, -0.1) is 0 Å². The Hall–Kier alpha value is -4.90. The van der Waals surface area contributed by atoms with Gasteiger partial charge in [0.1, 0.15) is 17.1 Å². The van der Waals surface area contributed by atoms with Gasteiger partial charge in [-0.05, 0) is 75.7 Å². The number of hydrogen-bond donors (Lipinski definition) is 1. The summed E-state index contributed by atoms with van der Waals surface area (Å²) < 4.78 is 19.8. The molecule has 1 atom stereocenters. The summed E-state index contributed by atoms with van der Waals surface area (Å²) in [4.78, 5) is 38.3. The summed E-state index contributed by atoms with van der Waals surface area (Å²) in [5, 5.41) is 12.2. The Kier molecular flexibility index (Phi) is 7.49. The average Bonchev–Trinajstić information content (AvgIpc) is 3.64. The van der Waals surface area contributed by atoms with Crippen molar-refractivity contribution in [3.63, 3.8) is 0 Å². The number of nitrogens with zero attached hydrogens (tertiary/aromatic N) is 4. The summed E-state index contributed by atoms with van der Waals surface area (Å²) in [6.07, 6.45) is 1.75. The zero-order chi connectivity index (χ0) is 30.2. The molecule has 1 aliphatic rings. The lowest BCUT2D eigenvalue weighted by atomic mass is 9.96. The first-order valence-corrected chi connectivity index (χ1v) is 14.9. The smallest absolute Gasteiger partial charge is 0.301 e. The van der Waals surface area contributed by atoms with Crippen LogP contribution in [0.15, 0.2) is 66.4 Å². The maximum absolute atomic E-state index is 13.9. The van der Waals surface area contributed by atoms with Gasteiger partial charge in [0.05, 0.1) is 47.3 Å². The number of amides is 1. The van der Waals surface area contributed by atoms with E-state index in [-0.39, 0.29) is 11.3 Å². The summed E-state index contributed by atoms with van der Waals surface area (Å²) in [5.41, 5.74) is 2.58. The Morgan fingerprint density at radius 1 is 0.930 bits per heavy atom. The summed E-state index contributed by atoms with van der Waals surface area (Å²) in [7, 11) is 0. The van der Waals surface area contributed by atoms with Crippen LogP contribution in [0, 0.1) is 6.92 Å². The molecule has 1 unspecified atom stereocenters. The van der Waals surface area contributed by atoms with E-state index in [0.717, 1.165) is 4.70 Å². The van der Waals surface area contributed by atoms with Crippen LogP contribution in [0.3, 0.4) is 0 Å². The number of imidazole rings is 1. The predicted octanol–water partition coefficient (Wildman–Crippen LogP) is 6.07. The molecule has 1 aliphatic heterocycles. The van der Waals surface area contributed by atoms with Gasteiger partial charge in [-0.2, -0.15) is 0 Å². The van der Waals surface area contributed by atoms with E-state index in [1.54, 1.807) is 47.9 Å². The number of aromatic nitrogens is 3. The average molecular weight is 599 g/mol. The molecule has 1 amide bonds. The first-order valence-electron chi connectivity index (χ1n) is 14.0. The van der Waals surface area contributed by atoms with Crippen LogP contribution in [-0.4, -0.2) is 51.0 Å². The molecular weight excluding hydrogens is 568 g/mol. The Morgan fingerprint density at radius 3 is 2.47 bits per heavy atom. The predicted molar refractivity (Wildman–Crippen MR) is 164 cm³/mol. The third kappa shape index (κ3) is 4.85. The number of pyridine rings is 1. The van der Waals surface area contributed by atoms with E-state index in [2.05, 4.69) is 4.98 Å². The summed E-state index contributed by atoms with van der Waals surface area (Å²) in [6.45, 7) is 8.71. The molecule has 0 radical (unpaired) electrons. The summed E-state index contributed by atoms with van der Waals surface area (Å²) >= 11 is 1.27. The van der Waals surface area contributed by atoms with Crippen LogP contribution >= 0.6 is 11.3 Å². The fourth-order valence-corrected chi connectivity index (χ4v) is 6.38. The van der Waals surface area contributed by atoms with Gasteiger partial charge in [0.15, 0.2) is 22.4 Å². The molecule has 5 aromatic rings. The molecule has 1 saturated heterocycles. The number of anilines is 1. The van der Waals surface area contributed by atoms with Crippen molar-refractivity contribution in [2.24, 2.45) is 0 Å². The van der Waals surface area contributed by atoms with Crippen molar-refractivity contribution in [1.82, 2.24) is 14.4 Å². The second kappa shape index (κ2) is 11.4. The minimum Gasteiger partial charge on any atom is -0.505 e. The largest absolute Gasteiger partial charge is 0.505 e. The molecule has 0 bridgehead atoms. The van der Waals surface area contributed by atoms with Crippen molar-refractivity contribution in [3.05, 3.63) is 83.3 Å². The van der Waals surface area contributed by atoms with E-state index in [1.165, 1.54) is 16.2 Å². The standard InChI is InChI=1S/C32H30N4O6S/c1-5-40-20-12-13-21-24(17-20)43-32(34-21)36-28(19-11-14-22(41-6-2)23(16-19)42-7-3)26(30(38)31(36)39)29(37)27-18(4)33-25-10-8-9-15-35(25)27/h8-17,28,37H,5-7H2,1-4H3. The molecular formula is C32H30N4O6S. The molecule has 0 aliphatic carbocycles. The van der Waals surface area contributed by atoms with Gasteiger partial charge in [0.25, 0.3) is 5.78 Å². The number of aliphatic hydroxyl groups excluding tert-OH is 1. The molecule has 6 rings (SSSR count). The molecule has 3 aromatic heterocycles. The van der Waals surface area contributed by atoms with E-state index in [4.69, 9.17) is 19.2 Å². The van der Waals surface area contributed by atoms with Gasteiger partial charge in [0.2, 0.25) is 0 Å². The number of hydrogen-bond acceptors (Lipinski definition) is 9. The quantitative estimate of drug-likeness (QED) is 0.123. The van der Waals surface area contributed by atoms with Crippen LogP contribution in [0.4, 0.5) is 5.13 Å². The number of thiazole rings is 1. The molecule has 43 heavy (non-hydrogen) atoms. The zero-order valence-electron chi connectivity index (χ0n) is 24.2. The number of carbonyl (C=O) groups is 2. The van der Waals surface area contributed by atoms with Gasteiger partial charge >= 0.3 is 5.91 Å². The van der Waals surface area contributed by atoms with Gasteiger partial charge < -0.3 is 19.3 Å². The SMILES string of the molecule is CCOc1ccc2nc(N3C(=O)C(=O)C(=C(O)c4c(C)nc5ccccn45)C3c3ccc(OCC)c(OCC)c3)sc2c1. The topological polar surface area (TPSA) is 115 Å². The van der Waals surface area contributed by atoms with E-state index < -0.39 is 17.7 Å². The van der Waals surface area contributed by atoms with Crippen LogP contribution < -0.4 is 19.1 Å². The van der Waals surface area contributed by atoms with E-state index in [1.807, 2.05) is 45.0 Å². The Balaban J connectivity index is 1.58.